The first-order valence-electron chi connectivity index (χ1n) is 6.39. The van der Waals surface area contributed by atoms with Crippen molar-refractivity contribution in [3.05, 3.63) is 35.9 Å². The molecule has 5 heteroatoms. The van der Waals surface area contributed by atoms with Crippen LogP contribution >= 0.6 is 0 Å². The Kier molecular flexibility index (Phi) is 4.16. The minimum absolute atomic E-state index is 0.0458. The van der Waals surface area contributed by atoms with E-state index in [0.29, 0.717) is 13.1 Å². The lowest BCUT2D eigenvalue weighted by atomic mass is 10.1. The molecule has 1 fully saturated rings. The SMILES string of the molecule is N[C@H](C(=O)N1CCC(CC(=O)O)C1)c1ccccc1. The van der Waals surface area contributed by atoms with Crippen LogP contribution in [0.4, 0.5) is 0 Å². The molecular formula is C14H18N2O3. The Morgan fingerprint density at radius 2 is 2.05 bits per heavy atom. The first kappa shape index (κ1) is 13.5. The van der Waals surface area contributed by atoms with Crippen LogP contribution in [0.3, 0.4) is 0 Å². The molecule has 2 rings (SSSR count). The molecule has 1 aliphatic heterocycles. The second-order valence-electron chi connectivity index (χ2n) is 4.93. The Morgan fingerprint density at radius 1 is 1.37 bits per heavy atom. The van der Waals surface area contributed by atoms with Gasteiger partial charge < -0.3 is 15.7 Å². The van der Waals surface area contributed by atoms with Gasteiger partial charge in [-0.1, -0.05) is 30.3 Å². The summed E-state index contributed by atoms with van der Waals surface area (Å²) in [6.07, 6.45) is 0.851. The van der Waals surface area contributed by atoms with Gasteiger partial charge in [-0.15, -0.1) is 0 Å². The third kappa shape index (κ3) is 3.32. The summed E-state index contributed by atoms with van der Waals surface area (Å²) >= 11 is 0. The van der Waals surface area contributed by atoms with E-state index in [1.54, 1.807) is 4.90 Å². The zero-order valence-corrected chi connectivity index (χ0v) is 10.7. The predicted molar refractivity (Wildman–Crippen MR) is 70.3 cm³/mol. The molecule has 1 aromatic rings. The fourth-order valence-electron chi connectivity index (χ4n) is 2.45. The molecule has 19 heavy (non-hydrogen) atoms. The predicted octanol–water partition coefficient (Wildman–Crippen LogP) is 1.01. The molecule has 1 amide bonds. The summed E-state index contributed by atoms with van der Waals surface area (Å²) in [5.41, 5.74) is 6.74. The molecule has 5 nitrogen and oxygen atoms in total. The van der Waals surface area contributed by atoms with Gasteiger partial charge >= 0.3 is 5.97 Å². The molecule has 1 heterocycles. The maximum atomic E-state index is 12.2. The summed E-state index contributed by atoms with van der Waals surface area (Å²) in [6, 6.07) is 8.56. The van der Waals surface area contributed by atoms with Crippen molar-refractivity contribution >= 4 is 11.9 Å². The highest BCUT2D eigenvalue weighted by Gasteiger charge is 2.30. The van der Waals surface area contributed by atoms with E-state index in [-0.39, 0.29) is 18.2 Å². The molecular weight excluding hydrogens is 244 g/mol. The Labute approximate surface area is 112 Å². The molecule has 1 aliphatic rings. The Hall–Kier alpha value is -1.88. The molecule has 0 radical (unpaired) electrons. The van der Waals surface area contributed by atoms with E-state index in [0.717, 1.165) is 12.0 Å². The van der Waals surface area contributed by atoms with Gasteiger partial charge in [0, 0.05) is 19.5 Å². The molecule has 102 valence electrons. The maximum absolute atomic E-state index is 12.2. The van der Waals surface area contributed by atoms with Crippen molar-refractivity contribution < 1.29 is 14.7 Å². The monoisotopic (exact) mass is 262 g/mol. The van der Waals surface area contributed by atoms with Crippen molar-refractivity contribution in [2.75, 3.05) is 13.1 Å². The molecule has 0 aliphatic carbocycles. The quantitative estimate of drug-likeness (QED) is 0.848. The lowest BCUT2D eigenvalue weighted by Gasteiger charge is -2.21. The molecule has 1 saturated heterocycles. The van der Waals surface area contributed by atoms with Gasteiger partial charge in [0.05, 0.1) is 0 Å². The van der Waals surface area contributed by atoms with Crippen LogP contribution in [-0.2, 0) is 9.59 Å². The van der Waals surface area contributed by atoms with Crippen LogP contribution < -0.4 is 5.73 Å². The van der Waals surface area contributed by atoms with E-state index in [4.69, 9.17) is 10.8 Å². The summed E-state index contributed by atoms with van der Waals surface area (Å²) in [5, 5.41) is 8.76. The number of rotatable bonds is 4. The van der Waals surface area contributed by atoms with Gasteiger partial charge in [0.2, 0.25) is 5.91 Å². The summed E-state index contributed by atoms with van der Waals surface area (Å²) in [4.78, 5) is 24.6. The standard InChI is InChI=1S/C14H18N2O3/c15-13(11-4-2-1-3-5-11)14(19)16-7-6-10(9-16)8-12(17)18/h1-5,10,13H,6-9,15H2,(H,17,18)/t10?,13-/m0/s1. The average Bonchev–Trinajstić information content (AvgIpc) is 2.85. The lowest BCUT2D eigenvalue weighted by Crippen LogP contribution is -2.37. The number of hydrogen-bond donors (Lipinski definition) is 2. The molecule has 0 aromatic heterocycles. The summed E-state index contributed by atoms with van der Waals surface area (Å²) in [7, 11) is 0. The second kappa shape index (κ2) is 5.84. The molecule has 0 bridgehead atoms. The summed E-state index contributed by atoms with van der Waals surface area (Å²) in [6.45, 7) is 1.09. The van der Waals surface area contributed by atoms with Gasteiger partial charge in [-0.05, 0) is 17.9 Å². The number of carboxylic acid groups (broad SMARTS) is 1. The number of carbonyl (C=O) groups excluding carboxylic acids is 1. The number of amides is 1. The average molecular weight is 262 g/mol. The van der Waals surface area contributed by atoms with Crippen LogP contribution in [-0.4, -0.2) is 35.0 Å². The summed E-state index contributed by atoms with van der Waals surface area (Å²) < 4.78 is 0. The Balaban J connectivity index is 1.96. The smallest absolute Gasteiger partial charge is 0.303 e. The third-order valence-electron chi connectivity index (χ3n) is 3.49. The number of nitrogens with zero attached hydrogens (tertiary/aromatic N) is 1. The number of carboxylic acids is 1. The molecule has 0 saturated carbocycles. The van der Waals surface area contributed by atoms with Crippen molar-refractivity contribution in [3.8, 4) is 0 Å². The zero-order chi connectivity index (χ0) is 13.8. The lowest BCUT2D eigenvalue weighted by molar-refractivity contribution is -0.138. The first-order valence-corrected chi connectivity index (χ1v) is 6.39. The zero-order valence-electron chi connectivity index (χ0n) is 10.7. The molecule has 1 aromatic carbocycles. The second-order valence-corrected chi connectivity index (χ2v) is 4.93. The van der Waals surface area contributed by atoms with Crippen molar-refractivity contribution in [2.45, 2.75) is 18.9 Å². The van der Waals surface area contributed by atoms with Crippen molar-refractivity contribution in [2.24, 2.45) is 11.7 Å². The van der Waals surface area contributed by atoms with Gasteiger partial charge in [0.1, 0.15) is 6.04 Å². The largest absolute Gasteiger partial charge is 0.481 e. The van der Waals surface area contributed by atoms with Crippen molar-refractivity contribution in [3.63, 3.8) is 0 Å². The highest BCUT2D eigenvalue weighted by molar-refractivity contribution is 5.83. The number of aliphatic carboxylic acids is 1. The minimum atomic E-state index is -0.813. The van der Waals surface area contributed by atoms with E-state index < -0.39 is 12.0 Å². The number of benzene rings is 1. The molecule has 0 spiro atoms. The van der Waals surface area contributed by atoms with Crippen LogP contribution in [0.2, 0.25) is 0 Å². The van der Waals surface area contributed by atoms with Crippen LogP contribution in [0.15, 0.2) is 30.3 Å². The van der Waals surface area contributed by atoms with E-state index in [9.17, 15) is 9.59 Å². The fraction of sp³-hybridized carbons (Fsp3) is 0.429. The van der Waals surface area contributed by atoms with Gasteiger partial charge in [0.25, 0.3) is 0 Å². The molecule has 1 unspecified atom stereocenters. The normalized spacial score (nSPS) is 20.3. The van der Waals surface area contributed by atoms with E-state index in [1.165, 1.54) is 0 Å². The van der Waals surface area contributed by atoms with E-state index in [2.05, 4.69) is 0 Å². The number of carbonyl (C=O) groups is 2. The minimum Gasteiger partial charge on any atom is -0.481 e. The van der Waals surface area contributed by atoms with Crippen molar-refractivity contribution in [1.29, 1.82) is 0 Å². The van der Waals surface area contributed by atoms with Gasteiger partial charge in [-0.3, -0.25) is 9.59 Å². The Bertz CT molecular complexity index is 461. The topological polar surface area (TPSA) is 83.6 Å². The highest BCUT2D eigenvalue weighted by Crippen LogP contribution is 2.22. The van der Waals surface area contributed by atoms with Gasteiger partial charge in [-0.2, -0.15) is 0 Å². The Morgan fingerprint density at radius 3 is 2.68 bits per heavy atom. The first-order chi connectivity index (χ1) is 9.08. The van der Waals surface area contributed by atoms with Gasteiger partial charge in [0.15, 0.2) is 0 Å². The van der Waals surface area contributed by atoms with Crippen molar-refractivity contribution in [1.82, 2.24) is 4.90 Å². The van der Waals surface area contributed by atoms with Crippen LogP contribution in [0, 0.1) is 5.92 Å². The summed E-state index contributed by atoms with van der Waals surface area (Å²) in [5.74, 6) is -0.893. The fourth-order valence-corrected chi connectivity index (χ4v) is 2.45. The van der Waals surface area contributed by atoms with E-state index >= 15 is 0 Å². The number of likely N-dealkylation sites (tertiary alicyclic amines) is 1. The maximum Gasteiger partial charge on any atom is 0.303 e. The van der Waals surface area contributed by atoms with Crippen LogP contribution in [0.5, 0.6) is 0 Å². The van der Waals surface area contributed by atoms with Crippen LogP contribution in [0.1, 0.15) is 24.4 Å². The number of hydrogen-bond acceptors (Lipinski definition) is 3. The van der Waals surface area contributed by atoms with Crippen LogP contribution in [0.25, 0.3) is 0 Å². The van der Waals surface area contributed by atoms with Gasteiger partial charge in [-0.25, -0.2) is 0 Å². The third-order valence-corrected chi connectivity index (χ3v) is 3.49. The highest BCUT2D eigenvalue weighted by atomic mass is 16.4. The molecule has 3 N–H and O–H groups in total. The number of nitrogens with two attached hydrogens (primary N) is 1. The molecule has 2 atom stereocenters. The van der Waals surface area contributed by atoms with E-state index in [1.807, 2.05) is 30.3 Å².